The maximum atomic E-state index is 12.7. The van der Waals surface area contributed by atoms with Crippen molar-refractivity contribution in [1.29, 1.82) is 5.26 Å². The van der Waals surface area contributed by atoms with Gasteiger partial charge in [-0.2, -0.15) is 10.4 Å². The van der Waals surface area contributed by atoms with E-state index in [0.29, 0.717) is 18.7 Å². The van der Waals surface area contributed by atoms with Crippen LogP contribution >= 0.6 is 0 Å². The normalized spacial score (nSPS) is 16.7. The Morgan fingerprint density at radius 3 is 2.82 bits per heavy atom. The van der Waals surface area contributed by atoms with Crippen molar-refractivity contribution >= 4 is 22.8 Å². The van der Waals surface area contributed by atoms with Crippen LogP contribution in [0, 0.1) is 18.3 Å². The number of hydrogen-bond donors (Lipinski definition) is 0. The molecule has 1 unspecified atom stereocenters. The van der Waals surface area contributed by atoms with Crippen molar-refractivity contribution in [2.24, 2.45) is 0 Å². The molecular weight excluding hydrogens is 430 g/mol. The van der Waals surface area contributed by atoms with Gasteiger partial charge in [0, 0.05) is 24.8 Å². The summed E-state index contributed by atoms with van der Waals surface area (Å²) in [6.45, 7) is 8.85. The van der Waals surface area contributed by atoms with E-state index in [1.54, 1.807) is 27.9 Å². The molecule has 1 fully saturated rings. The summed E-state index contributed by atoms with van der Waals surface area (Å²) in [5.74, 6) is 0.863. The minimum absolute atomic E-state index is 0.0584. The Balaban J connectivity index is 1.52. The van der Waals surface area contributed by atoms with Gasteiger partial charge in [0.25, 0.3) is 0 Å². The number of carbonyl (C=O) groups is 1. The summed E-state index contributed by atoms with van der Waals surface area (Å²) in [6, 6.07) is 9.69. The summed E-state index contributed by atoms with van der Waals surface area (Å²) in [5.41, 5.74) is 4.06. The predicted octanol–water partition coefficient (Wildman–Crippen LogP) is 4.50. The van der Waals surface area contributed by atoms with E-state index in [1.807, 2.05) is 45.9 Å². The van der Waals surface area contributed by atoms with Gasteiger partial charge >= 0.3 is 6.09 Å². The van der Waals surface area contributed by atoms with Crippen LogP contribution in [0.1, 0.15) is 51.0 Å². The van der Waals surface area contributed by atoms with Crippen LogP contribution in [-0.2, 0) is 4.74 Å². The lowest BCUT2D eigenvalue weighted by Gasteiger charge is -2.35. The Morgan fingerprint density at radius 2 is 2.06 bits per heavy atom. The first-order valence-corrected chi connectivity index (χ1v) is 11.4. The maximum Gasteiger partial charge on any atom is 0.410 e. The number of piperidine rings is 1. The van der Waals surface area contributed by atoms with Crippen LogP contribution in [0.3, 0.4) is 0 Å². The highest BCUT2D eigenvalue weighted by Gasteiger charge is 2.30. The van der Waals surface area contributed by atoms with Gasteiger partial charge in [-0.25, -0.2) is 19.3 Å². The molecule has 0 spiro atoms. The van der Waals surface area contributed by atoms with Crippen LogP contribution < -0.4 is 0 Å². The lowest BCUT2D eigenvalue weighted by atomic mass is 10.1. The van der Waals surface area contributed by atoms with Crippen LogP contribution in [0.25, 0.3) is 27.9 Å². The molecule has 5 rings (SSSR count). The van der Waals surface area contributed by atoms with E-state index in [9.17, 15) is 10.1 Å². The Bertz CT molecular complexity index is 1440. The number of aryl methyl sites for hydroxylation is 1. The van der Waals surface area contributed by atoms with Crippen LogP contribution in [-0.4, -0.2) is 53.8 Å². The lowest BCUT2D eigenvalue weighted by Crippen LogP contribution is -2.43. The third-order valence-electron chi connectivity index (χ3n) is 6.05. The summed E-state index contributed by atoms with van der Waals surface area (Å²) in [4.78, 5) is 24.2. The van der Waals surface area contributed by atoms with Crippen molar-refractivity contribution in [3.05, 3.63) is 48.0 Å². The molecule has 0 radical (unpaired) electrons. The Hall–Kier alpha value is -3.93. The number of fused-ring (bicyclic) bond motifs is 2. The zero-order chi connectivity index (χ0) is 24.0. The molecule has 0 saturated carbocycles. The van der Waals surface area contributed by atoms with Gasteiger partial charge in [0.15, 0.2) is 5.65 Å². The molecule has 5 heterocycles. The molecule has 4 aromatic rings. The van der Waals surface area contributed by atoms with Gasteiger partial charge in [-0.15, -0.1) is 0 Å². The summed E-state index contributed by atoms with van der Waals surface area (Å²) < 4.78 is 9.48. The number of nitriles is 1. The number of imidazole rings is 1. The van der Waals surface area contributed by atoms with Crippen LogP contribution in [0.15, 0.2) is 36.7 Å². The SMILES string of the molecule is Cc1nc2ccc(-c3cnn4ccc(C#N)cc34)nc2n1C1CCCN(C(=O)OC(C)(C)C)C1. The summed E-state index contributed by atoms with van der Waals surface area (Å²) in [7, 11) is 0. The molecule has 0 N–H and O–H groups in total. The molecule has 9 heteroatoms. The monoisotopic (exact) mass is 457 g/mol. The molecular formula is C25H27N7O2. The lowest BCUT2D eigenvalue weighted by molar-refractivity contribution is 0.0173. The number of likely N-dealkylation sites (tertiary alicyclic amines) is 1. The van der Waals surface area contributed by atoms with Crippen molar-refractivity contribution in [3.8, 4) is 17.3 Å². The van der Waals surface area contributed by atoms with Gasteiger partial charge in [0.05, 0.1) is 35.1 Å². The summed E-state index contributed by atoms with van der Waals surface area (Å²) in [5, 5.41) is 13.7. The number of ether oxygens (including phenoxy) is 1. The van der Waals surface area contributed by atoms with Crippen molar-refractivity contribution in [3.63, 3.8) is 0 Å². The number of rotatable bonds is 2. The molecule has 174 valence electrons. The fraction of sp³-hybridized carbons (Fsp3) is 0.400. The predicted molar refractivity (Wildman–Crippen MR) is 127 cm³/mol. The number of hydrogen-bond acceptors (Lipinski definition) is 6. The van der Waals surface area contributed by atoms with Gasteiger partial charge in [0.2, 0.25) is 0 Å². The molecule has 0 aliphatic carbocycles. The first-order valence-electron chi connectivity index (χ1n) is 11.4. The molecule has 1 aliphatic rings. The quantitative estimate of drug-likeness (QED) is 0.439. The van der Waals surface area contributed by atoms with E-state index in [4.69, 9.17) is 14.7 Å². The van der Waals surface area contributed by atoms with Crippen molar-refractivity contribution in [2.45, 2.75) is 52.2 Å². The Morgan fingerprint density at radius 1 is 1.24 bits per heavy atom. The van der Waals surface area contributed by atoms with Crippen molar-refractivity contribution < 1.29 is 9.53 Å². The molecule has 1 atom stereocenters. The number of aromatic nitrogens is 5. The van der Waals surface area contributed by atoms with E-state index >= 15 is 0 Å². The van der Waals surface area contributed by atoms with E-state index in [1.165, 1.54) is 0 Å². The van der Waals surface area contributed by atoms with Crippen LogP contribution in [0.4, 0.5) is 4.79 Å². The second-order valence-electron chi connectivity index (χ2n) is 9.71. The van der Waals surface area contributed by atoms with Crippen molar-refractivity contribution in [1.82, 2.24) is 29.0 Å². The molecule has 1 amide bonds. The van der Waals surface area contributed by atoms with Crippen LogP contribution in [0.5, 0.6) is 0 Å². The highest BCUT2D eigenvalue weighted by Crippen LogP contribution is 2.30. The second-order valence-corrected chi connectivity index (χ2v) is 9.71. The van der Waals surface area contributed by atoms with Gasteiger partial charge < -0.3 is 14.2 Å². The average molecular weight is 458 g/mol. The first-order chi connectivity index (χ1) is 16.2. The molecule has 0 bridgehead atoms. The largest absolute Gasteiger partial charge is 0.444 e. The minimum atomic E-state index is -0.530. The van der Waals surface area contributed by atoms with Gasteiger partial charge in [0.1, 0.15) is 16.9 Å². The Kier molecular flexibility index (Phi) is 5.24. The van der Waals surface area contributed by atoms with E-state index in [0.717, 1.165) is 46.6 Å². The zero-order valence-corrected chi connectivity index (χ0v) is 19.8. The molecule has 34 heavy (non-hydrogen) atoms. The summed E-state index contributed by atoms with van der Waals surface area (Å²) >= 11 is 0. The highest BCUT2D eigenvalue weighted by molar-refractivity contribution is 5.83. The fourth-order valence-corrected chi connectivity index (χ4v) is 4.58. The number of pyridine rings is 2. The number of nitrogens with zero attached hydrogens (tertiary/aromatic N) is 7. The molecule has 9 nitrogen and oxygen atoms in total. The third-order valence-corrected chi connectivity index (χ3v) is 6.05. The van der Waals surface area contributed by atoms with Gasteiger partial charge in [-0.3, -0.25) is 0 Å². The summed E-state index contributed by atoms with van der Waals surface area (Å²) in [6.07, 6.45) is 5.07. The minimum Gasteiger partial charge on any atom is -0.444 e. The fourth-order valence-electron chi connectivity index (χ4n) is 4.58. The standard InChI is InChI=1S/C25H27N7O2/c1-16-28-21-8-7-20(19-14-27-31-11-9-17(13-26)12-22(19)31)29-23(21)32(16)18-6-5-10-30(15-18)24(33)34-25(2,3)4/h7-9,11-12,14,18H,5-6,10,15H2,1-4H3. The highest BCUT2D eigenvalue weighted by atomic mass is 16.6. The van der Waals surface area contributed by atoms with E-state index < -0.39 is 5.60 Å². The molecule has 0 aromatic carbocycles. The maximum absolute atomic E-state index is 12.7. The van der Waals surface area contributed by atoms with E-state index in [-0.39, 0.29) is 12.1 Å². The smallest absolute Gasteiger partial charge is 0.410 e. The number of carbonyl (C=O) groups excluding carboxylic acids is 1. The Labute approximate surface area is 197 Å². The average Bonchev–Trinajstić information content (AvgIpc) is 3.37. The van der Waals surface area contributed by atoms with Gasteiger partial charge in [-0.05, 0) is 64.8 Å². The van der Waals surface area contributed by atoms with Gasteiger partial charge in [-0.1, -0.05) is 0 Å². The number of amides is 1. The zero-order valence-electron chi connectivity index (χ0n) is 19.8. The topological polar surface area (TPSA) is 101 Å². The molecule has 1 aliphatic heterocycles. The second kappa shape index (κ2) is 8.13. The first kappa shape index (κ1) is 21.9. The third kappa shape index (κ3) is 3.96. The molecule has 1 saturated heterocycles. The van der Waals surface area contributed by atoms with Crippen LogP contribution in [0.2, 0.25) is 0 Å². The van der Waals surface area contributed by atoms with E-state index in [2.05, 4.69) is 15.7 Å². The molecule has 4 aromatic heterocycles. The van der Waals surface area contributed by atoms with Crippen molar-refractivity contribution in [2.75, 3.05) is 13.1 Å².